The normalized spacial score (nSPS) is 12.1. The number of rotatable bonds is 4. The lowest BCUT2D eigenvalue weighted by Crippen LogP contribution is -2.26. The van der Waals surface area contributed by atoms with Crippen LogP contribution in [0.25, 0.3) is 22.2 Å². The molecule has 0 spiro atoms. The van der Waals surface area contributed by atoms with Crippen molar-refractivity contribution in [2.45, 2.75) is 13.0 Å². The third kappa shape index (κ3) is 3.41. The average molecular weight is 377 g/mol. The average Bonchev–Trinajstić information content (AvgIpc) is 3.12. The van der Waals surface area contributed by atoms with Gasteiger partial charge in [0.1, 0.15) is 5.69 Å². The molecule has 27 heavy (non-hydrogen) atoms. The molecule has 0 radical (unpaired) electrons. The van der Waals surface area contributed by atoms with E-state index in [4.69, 9.17) is 11.6 Å². The van der Waals surface area contributed by atoms with Crippen molar-refractivity contribution in [1.82, 2.24) is 20.5 Å². The van der Waals surface area contributed by atoms with Gasteiger partial charge in [-0.1, -0.05) is 29.8 Å². The van der Waals surface area contributed by atoms with Gasteiger partial charge < -0.3 is 5.32 Å². The number of carbonyl (C=O) groups is 1. The lowest BCUT2D eigenvalue weighted by atomic mass is 10.0. The molecule has 2 heterocycles. The lowest BCUT2D eigenvalue weighted by Gasteiger charge is -2.15. The number of aromatic amines is 1. The van der Waals surface area contributed by atoms with Crippen molar-refractivity contribution in [2.75, 3.05) is 0 Å². The predicted octanol–water partition coefficient (Wildman–Crippen LogP) is 4.77. The number of fused-ring (bicyclic) bond motifs is 1. The quantitative estimate of drug-likeness (QED) is 0.539. The molecule has 0 bridgehead atoms. The van der Waals surface area contributed by atoms with E-state index in [1.54, 1.807) is 18.5 Å². The number of halogens is 1. The van der Waals surface area contributed by atoms with Crippen LogP contribution in [-0.4, -0.2) is 21.1 Å². The molecule has 5 nitrogen and oxygen atoms in total. The number of hydrogen-bond donors (Lipinski definition) is 2. The highest BCUT2D eigenvalue weighted by Gasteiger charge is 2.16. The summed E-state index contributed by atoms with van der Waals surface area (Å²) in [7, 11) is 0. The van der Waals surface area contributed by atoms with Gasteiger partial charge in [0.05, 0.1) is 11.6 Å². The van der Waals surface area contributed by atoms with Crippen molar-refractivity contribution in [3.8, 4) is 11.3 Å². The van der Waals surface area contributed by atoms with E-state index < -0.39 is 0 Å². The molecular weight excluding hydrogens is 360 g/mol. The molecule has 134 valence electrons. The Bertz CT molecular complexity index is 1110. The molecule has 2 aromatic heterocycles. The van der Waals surface area contributed by atoms with Gasteiger partial charge in [0.15, 0.2) is 0 Å². The van der Waals surface area contributed by atoms with Crippen LogP contribution in [-0.2, 0) is 0 Å². The summed E-state index contributed by atoms with van der Waals surface area (Å²) in [5, 5.41) is 11.9. The molecule has 0 fully saturated rings. The van der Waals surface area contributed by atoms with E-state index >= 15 is 0 Å². The first-order valence-electron chi connectivity index (χ1n) is 8.57. The van der Waals surface area contributed by atoms with Gasteiger partial charge in [-0.05, 0) is 48.9 Å². The fourth-order valence-electron chi connectivity index (χ4n) is 3.07. The molecule has 4 rings (SSSR count). The van der Waals surface area contributed by atoms with Crippen LogP contribution in [0.2, 0.25) is 5.02 Å². The predicted molar refractivity (Wildman–Crippen MR) is 107 cm³/mol. The molecule has 1 atom stereocenters. The zero-order valence-electron chi connectivity index (χ0n) is 14.6. The lowest BCUT2D eigenvalue weighted by molar-refractivity contribution is 0.0940. The van der Waals surface area contributed by atoms with E-state index in [1.165, 1.54) is 0 Å². The minimum atomic E-state index is -0.203. The van der Waals surface area contributed by atoms with Gasteiger partial charge in [-0.3, -0.25) is 14.9 Å². The largest absolute Gasteiger partial charge is 0.345 e. The second-order valence-electron chi connectivity index (χ2n) is 6.29. The maximum atomic E-state index is 12.8. The molecule has 0 aliphatic carbocycles. The van der Waals surface area contributed by atoms with E-state index in [0.717, 1.165) is 27.7 Å². The summed E-state index contributed by atoms with van der Waals surface area (Å²) >= 11 is 6.23. The molecule has 6 heteroatoms. The summed E-state index contributed by atoms with van der Waals surface area (Å²) in [5.41, 5.74) is 4.06. The SMILES string of the molecule is CC(NC(=O)c1ccc2[nH]nc(-c3ccncc3)c2c1)c1ccccc1Cl. The number of H-pyrrole nitrogens is 1. The highest BCUT2D eigenvalue weighted by Crippen LogP contribution is 2.27. The summed E-state index contributed by atoms with van der Waals surface area (Å²) in [6.07, 6.45) is 3.44. The van der Waals surface area contributed by atoms with E-state index in [2.05, 4.69) is 20.5 Å². The Labute approximate surface area is 161 Å². The van der Waals surface area contributed by atoms with Gasteiger partial charge >= 0.3 is 0 Å². The second kappa shape index (κ2) is 7.21. The zero-order chi connectivity index (χ0) is 18.8. The first kappa shape index (κ1) is 17.2. The van der Waals surface area contributed by atoms with E-state index in [1.807, 2.05) is 55.5 Å². The molecule has 1 amide bonds. The van der Waals surface area contributed by atoms with Crippen LogP contribution >= 0.6 is 11.6 Å². The number of nitrogens with one attached hydrogen (secondary N) is 2. The third-order valence-electron chi connectivity index (χ3n) is 4.50. The zero-order valence-corrected chi connectivity index (χ0v) is 15.4. The number of hydrogen-bond acceptors (Lipinski definition) is 3. The second-order valence-corrected chi connectivity index (χ2v) is 6.69. The Kier molecular flexibility index (Phi) is 4.60. The molecule has 0 aliphatic rings. The highest BCUT2D eigenvalue weighted by atomic mass is 35.5. The Morgan fingerprint density at radius 3 is 2.67 bits per heavy atom. The van der Waals surface area contributed by atoms with Crippen LogP contribution in [0, 0.1) is 0 Å². The molecule has 0 saturated heterocycles. The van der Waals surface area contributed by atoms with Crippen molar-refractivity contribution < 1.29 is 4.79 Å². The van der Waals surface area contributed by atoms with Crippen LogP contribution in [0.1, 0.15) is 28.9 Å². The van der Waals surface area contributed by atoms with Crippen molar-refractivity contribution in [3.63, 3.8) is 0 Å². The fraction of sp³-hybridized carbons (Fsp3) is 0.0952. The van der Waals surface area contributed by atoms with Crippen molar-refractivity contribution >= 4 is 28.4 Å². The van der Waals surface area contributed by atoms with Crippen LogP contribution in [0.15, 0.2) is 67.0 Å². The van der Waals surface area contributed by atoms with Gasteiger partial charge in [0.25, 0.3) is 5.91 Å². The number of nitrogens with zero attached hydrogens (tertiary/aromatic N) is 2. The van der Waals surface area contributed by atoms with Crippen LogP contribution < -0.4 is 5.32 Å². The van der Waals surface area contributed by atoms with Crippen LogP contribution in [0.3, 0.4) is 0 Å². The number of benzene rings is 2. The fourth-order valence-corrected chi connectivity index (χ4v) is 3.37. The summed E-state index contributed by atoms with van der Waals surface area (Å²) in [5.74, 6) is -0.161. The molecule has 0 saturated carbocycles. The number of carbonyl (C=O) groups excluding carboxylic acids is 1. The molecular formula is C21H17ClN4O. The van der Waals surface area contributed by atoms with Crippen molar-refractivity contribution in [1.29, 1.82) is 0 Å². The maximum Gasteiger partial charge on any atom is 0.251 e. The Morgan fingerprint density at radius 2 is 1.89 bits per heavy atom. The van der Waals surface area contributed by atoms with Gasteiger partial charge in [0.2, 0.25) is 0 Å². The number of aromatic nitrogens is 3. The topological polar surface area (TPSA) is 70.7 Å². The highest BCUT2D eigenvalue weighted by molar-refractivity contribution is 6.31. The summed E-state index contributed by atoms with van der Waals surface area (Å²) in [6, 6.07) is 16.6. The van der Waals surface area contributed by atoms with Gasteiger partial charge in [0, 0.05) is 33.9 Å². The minimum Gasteiger partial charge on any atom is -0.345 e. The van der Waals surface area contributed by atoms with Gasteiger partial charge in [-0.25, -0.2) is 0 Å². The third-order valence-corrected chi connectivity index (χ3v) is 4.84. The van der Waals surface area contributed by atoms with Crippen molar-refractivity contribution in [2.24, 2.45) is 0 Å². The summed E-state index contributed by atoms with van der Waals surface area (Å²) < 4.78 is 0. The van der Waals surface area contributed by atoms with Crippen molar-refractivity contribution in [3.05, 3.63) is 83.1 Å². The summed E-state index contributed by atoms with van der Waals surface area (Å²) in [4.78, 5) is 16.8. The smallest absolute Gasteiger partial charge is 0.251 e. The molecule has 2 aromatic carbocycles. The first-order valence-corrected chi connectivity index (χ1v) is 8.95. The minimum absolute atomic E-state index is 0.161. The first-order chi connectivity index (χ1) is 13.1. The molecule has 1 unspecified atom stereocenters. The summed E-state index contributed by atoms with van der Waals surface area (Å²) in [6.45, 7) is 1.91. The number of amides is 1. The Balaban J connectivity index is 1.64. The standard InChI is InChI=1S/C21H17ClN4O/c1-13(16-4-2-3-5-18(16)22)24-21(27)15-6-7-19-17(12-15)20(26-25-19)14-8-10-23-11-9-14/h2-13H,1H3,(H,24,27)(H,25,26). The van der Waals surface area contributed by atoms with Gasteiger partial charge in [-0.2, -0.15) is 5.10 Å². The van der Waals surface area contributed by atoms with Crippen LogP contribution in [0.4, 0.5) is 0 Å². The number of pyridine rings is 1. The van der Waals surface area contributed by atoms with E-state index in [-0.39, 0.29) is 11.9 Å². The Morgan fingerprint density at radius 1 is 1.11 bits per heavy atom. The molecule has 2 N–H and O–H groups in total. The van der Waals surface area contributed by atoms with Gasteiger partial charge in [-0.15, -0.1) is 0 Å². The van der Waals surface area contributed by atoms with E-state index in [9.17, 15) is 4.79 Å². The Hall–Kier alpha value is -3.18. The molecule has 4 aromatic rings. The van der Waals surface area contributed by atoms with Crippen LogP contribution in [0.5, 0.6) is 0 Å². The monoisotopic (exact) mass is 376 g/mol. The van der Waals surface area contributed by atoms with E-state index in [0.29, 0.717) is 10.6 Å². The maximum absolute atomic E-state index is 12.8. The molecule has 0 aliphatic heterocycles.